The summed E-state index contributed by atoms with van der Waals surface area (Å²) in [5.74, 6) is 5.91. The lowest BCUT2D eigenvalue weighted by molar-refractivity contribution is 0.0862. The molecule has 5 aromatic rings. The van der Waals surface area contributed by atoms with E-state index < -0.39 is 0 Å². The molecule has 57 heavy (non-hydrogen) atoms. The van der Waals surface area contributed by atoms with Crippen molar-refractivity contribution >= 4 is 0 Å². The number of methoxy groups -OCH3 is 4. The van der Waals surface area contributed by atoms with Crippen molar-refractivity contribution in [1.29, 1.82) is 0 Å². The third-order valence-electron chi connectivity index (χ3n) is 11.6. The number of ether oxygens (including phenoxy) is 8. The van der Waals surface area contributed by atoms with Gasteiger partial charge in [0.15, 0.2) is 34.5 Å². The van der Waals surface area contributed by atoms with Gasteiger partial charge in [0.05, 0.1) is 41.7 Å². The number of likely N-dealkylation sites (N-methyl/N-ethyl adjacent to an activating group) is 2. The smallest absolute Gasteiger partial charge is 0.204 e. The first-order valence-electron chi connectivity index (χ1n) is 19.7. The maximum Gasteiger partial charge on any atom is 0.204 e. The van der Waals surface area contributed by atoms with Crippen LogP contribution in [0, 0.1) is 0 Å². The normalized spacial score (nSPS) is 17.6. The summed E-state index contributed by atoms with van der Waals surface area (Å²) in [6, 6.07) is 28.7. The van der Waals surface area contributed by atoms with E-state index in [4.69, 9.17) is 37.9 Å². The number of hydrogen-bond donors (Lipinski definition) is 0. The van der Waals surface area contributed by atoms with Gasteiger partial charge in [0.2, 0.25) is 5.75 Å². The van der Waals surface area contributed by atoms with E-state index >= 15 is 0 Å². The lowest BCUT2D eigenvalue weighted by atomic mass is 9.84. The Hall–Kier alpha value is -5.42. The number of hydrogen-bond acceptors (Lipinski definition) is 10. The van der Waals surface area contributed by atoms with Crippen LogP contribution in [0.1, 0.15) is 51.0 Å². The van der Waals surface area contributed by atoms with Gasteiger partial charge in [-0.3, -0.25) is 9.80 Å². The van der Waals surface area contributed by atoms with Crippen LogP contribution in [-0.2, 0) is 37.0 Å². The standard InChI is InChI=1S/C47H52N2O8/c1-48-20-18-32-27-41(51-4)43-28-36(32)38(48)24-30-12-15-34(16-13-30)56-42-26-31(14-17-40(42)50-3)25-39-44-35(19-21-49(39)2)37(45(52-5)47(53-6)46(44)57-43)29-54-22-23-55-33-10-8-7-9-11-33/h7-17,26-28,38-39H,18-25,29H2,1-6H3/t38-,39-/m0/s1. The molecular formula is C47H52N2O8. The van der Waals surface area contributed by atoms with Crippen LogP contribution in [0.5, 0.6) is 51.7 Å². The number of para-hydroxylation sites is 1. The predicted octanol–water partition coefficient (Wildman–Crippen LogP) is 8.76. The lowest BCUT2D eigenvalue weighted by Gasteiger charge is -2.38. The van der Waals surface area contributed by atoms with Crippen molar-refractivity contribution in [2.75, 3.05) is 68.8 Å². The fourth-order valence-corrected chi connectivity index (χ4v) is 8.57. The SMILES string of the molecule is COc1ccc2cc1Oc1ccc(cc1)C[C@H]1c3cc(c(OC)cc3CCN1C)Oc1c(OC)c(OC)c(COCCOc3ccccc3)c3c1[C@H](C2)N(C)CC3. The van der Waals surface area contributed by atoms with Crippen LogP contribution < -0.4 is 33.2 Å². The molecule has 2 atom stereocenters. The molecule has 0 saturated carbocycles. The fraction of sp³-hybridized carbons (Fsp3) is 0.362. The van der Waals surface area contributed by atoms with Crippen LogP contribution in [0.4, 0.5) is 0 Å². The van der Waals surface area contributed by atoms with Crippen molar-refractivity contribution < 1.29 is 37.9 Å². The summed E-state index contributed by atoms with van der Waals surface area (Å²) in [5.41, 5.74) is 7.88. The van der Waals surface area contributed by atoms with Gasteiger partial charge in [-0.05, 0) is 116 Å². The highest BCUT2D eigenvalue weighted by atomic mass is 16.6. The van der Waals surface area contributed by atoms with Crippen LogP contribution in [0.25, 0.3) is 0 Å². The van der Waals surface area contributed by atoms with Crippen molar-refractivity contribution in [2.24, 2.45) is 0 Å². The van der Waals surface area contributed by atoms with Crippen LogP contribution in [0.15, 0.2) is 84.9 Å². The van der Waals surface area contributed by atoms with Crippen LogP contribution in [0.2, 0.25) is 0 Å². The highest BCUT2D eigenvalue weighted by molar-refractivity contribution is 5.67. The first-order chi connectivity index (χ1) is 27.9. The second-order valence-corrected chi connectivity index (χ2v) is 14.9. The first-order valence-corrected chi connectivity index (χ1v) is 19.7. The van der Waals surface area contributed by atoms with E-state index in [1.165, 1.54) is 16.7 Å². The molecule has 0 radical (unpaired) electrons. The number of fused-ring (bicyclic) bond motifs is 2. The molecule has 0 amide bonds. The van der Waals surface area contributed by atoms with E-state index in [1.807, 2.05) is 48.5 Å². The molecule has 298 valence electrons. The minimum Gasteiger partial charge on any atom is -0.493 e. The summed E-state index contributed by atoms with van der Waals surface area (Å²) in [6.45, 7) is 2.88. The third kappa shape index (κ3) is 7.82. The monoisotopic (exact) mass is 772 g/mol. The van der Waals surface area contributed by atoms with E-state index in [1.54, 1.807) is 28.4 Å². The molecular weight excluding hydrogens is 721 g/mol. The molecule has 4 aliphatic heterocycles. The molecule has 4 aliphatic rings. The first kappa shape index (κ1) is 38.5. The molecule has 0 spiro atoms. The van der Waals surface area contributed by atoms with E-state index in [-0.39, 0.29) is 12.1 Å². The topological polar surface area (TPSA) is 80.3 Å². The number of nitrogens with zero attached hydrogens (tertiary/aromatic N) is 2. The van der Waals surface area contributed by atoms with Gasteiger partial charge in [-0.2, -0.15) is 0 Å². The van der Waals surface area contributed by atoms with E-state index in [0.29, 0.717) is 66.5 Å². The van der Waals surface area contributed by atoms with Gasteiger partial charge in [-0.1, -0.05) is 36.4 Å². The van der Waals surface area contributed by atoms with Gasteiger partial charge in [-0.25, -0.2) is 0 Å². The largest absolute Gasteiger partial charge is 0.493 e. The van der Waals surface area contributed by atoms with Crippen molar-refractivity contribution in [1.82, 2.24) is 9.80 Å². The molecule has 10 heteroatoms. The molecule has 0 aromatic heterocycles. The molecule has 0 aliphatic carbocycles. The molecule has 0 unspecified atom stereocenters. The zero-order chi connectivity index (χ0) is 39.5. The van der Waals surface area contributed by atoms with E-state index in [9.17, 15) is 0 Å². The average molecular weight is 773 g/mol. The van der Waals surface area contributed by atoms with Gasteiger partial charge in [0.25, 0.3) is 0 Å². The zero-order valence-corrected chi connectivity index (χ0v) is 33.8. The summed E-state index contributed by atoms with van der Waals surface area (Å²) >= 11 is 0. The maximum atomic E-state index is 7.22. The van der Waals surface area contributed by atoms with Crippen molar-refractivity contribution in [3.63, 3.8) is 0 Å². The van der Waals surface area contributed by atoms with Gasteiger partial charge in [0, 0.05) is 36.3 Å². The summed E-state index contributed by atoms with van der Waals surface area (Å²) in [6.07, 6.45) is 3.15. The Morgan fingerprint density at radius 1 is 0.649 bits per heavy atom. The lowest BCUT2D eigenvalue weighted by Crippen LogP contribution is -2.35. The molecule has 0 saturated heterocycles. The molecule has 10 nitrogen and oxygen atoms in total. The summed E-state index contributed by atoms with van der Waals surface area (Å²) in [7, 11) is 11.1. The van der Waals surface area contributed by atoms with Crippen LogP contribution >= 0.6 is 0 Å². The van der Waals surface area contributed by atoms with Crippen LogP contribution in [-0.4, -0.2) is 78.6 Å². The Bertz CT molecular complexity index is 2190. The highest BCUT2D eigenvalue weighted by Crippen LogP contribution is 2.54. The minimum absolute atomic E-state index is 0.106. The van der Waals surface area contributed by atoms with Gasteiger partial charge in [-0.15, -0.1) is 0 Å². The minimum atomic E-state index is -0.106. The maximum absolute atomic E-state index is 7.22. The quantitative estimate of drug-likeness (QED) is 0.129. The van der Waals surface area contributed by atoms with Crippen molar-refractivity contribution in [3.05, 3.63) is 124 Å². The molecule has 6 bridgehead atoms. The van der Waals surface area contributed by atoms with Crippen molar-refractivity contribution in [3.8, 4) is 51.7 Å². The zero-order valence-electron chi connectivity index (χ0n) is 33.8. The molecule has 0 N–H and O–H groups in total. The average Bonchev–Trinajstić information content (AvgIpc) is 3.23. The Balaban J connectivity index is 1.28. The molecule has 5 aromatic carbocycles. The van der Waals surface area contributed by atoms with Gasteiger partial charge < -0.3 is 37.9 Å². The Morgan fingerprint density at radius 3 is 2.11 bits per heavy atom. The van der Waals surface area contributed by atoms with Gasteiger partial charge >= 0.3 is 0 Å². The Morgan fingerprint density at radius 2 is 1.35 bits per heavy atom. The molecule has 4 heterocycles. The van der Waals surface area contributed by atoms with Gasteiger partial charge in [0.1, 0.15) is 18.1 Å². The Labute approximate surface area is 335 Å². The number of benzene rings is 5. The second kappa shape index (κ2) is 17.0. The van der Waals surface area contributed by atoms with E-state index in [2.05, 4.69) is 60.3 Å². The summed E-state index contributed by atoms with van der Waals surface area (Å²) < 4.78 is 50.4. The van der Waals surface area contributed by atoms with Crippen LogP contribution in [0.3, 0.4) is 0 Å². The highest BCUT2D eigenvalue weighted by Gasteiger charge is 2.37. The Kier molecular flexibility index (Phi) is 11.5. The predicted molar refractivity (Wildman–Crippen MR) is 219 cm³/mol. The summed E-state index contributed by atoms with van der Waals surface area (Å²) in [5, 5.41) is 0. The van der Waals surface area contributed by atoms with E-state index in [0.717, 1.165) is 66.1 Å². The summed E-state index contributed by atoms with van der Waals surface area (Å²) in [4.78, 5) is 4.81. The number of rotatable bonds is 10. The molecule has 9 rings (SSSR count). The third-order valence-corrected chi connectivity index (χ3v) is 11.6. The second-order valence-electron chi connectivity index (χ2n) is 14.9. The fourth-order valence-electron chi connectivity index (χ4n) is 8.57. The van der Waals surface area contributed by atoms with Crippen molar-refractivity contribution in [2.45, 2.75) is 44.4 Å². The molecule has 0 fully saturated rings.